The van der Waals surface area contributed by atoms with Crippen molar-refractivity contribution in [1.82, 2.24) is 0 Å². The molecule has 2 nitrogen and oxygen atoms in total. The van der Waals surface area contributed by atoms with Crippen LogP contribution < -0.4 is 4.74 Å². The number of benzene rings is 3. The second-order valence-corrected chi connectivity index (χ2v) is 5.57. The van der Waals surface area contributed by atoms with Gasteiger partial charge in [-0.15, -0.1) is 0 Å². The number of carbonyl (C=O) groups is 1. The lowest BCUT2D eigenvalue weighted by molar-refractivity contribution is -0.131. The molecule has 2 heteroatoms. The molecule has 0 fully saturated rings. The molecule has 26 heavy (non-hydrogen) atoms. The van der Waals surface area contributed by atoms with Gasteiger partial charge in [-0.3, -0.25) is 4.79 Å². The Morgan fingerprint density at radius 1 is 0.654 bits per heavy atom. The van der Waals surface area contributed by atoms with Crippen LogP contribution in [0.3, 0.4) is 0 Å². The van der Waals surface area contributed by atoms with Crippen molar-refractivity contribution in [2.75, 3.05) is 0 Å². The van der Waals surface area contributed by atoms with E-state index < -0.39 is 0 Å². The summed E-state index contributed by atoms with van der Waals surface area (Å²) < 4.78 is 5.23. The van der Waals surface area contributed by atoms with Crippen LogP contribution in [0, 0.1) is 23.7 Å². The fourth-order valence-corrected chi connectivity index (χ4v) is 2.30. The van der Waals surface area contributed by atoms with Gasteiger partial charge in [0.2, 0.25) is 0 Å². The van der Waals surface area contributed by atoms with Gasteiger partial charge in [-0.25, -0.2) is 0 Å². The number of carbonyl (C=O) groups excluding carboxylic acids is 1. The molecule has 0 aromatic heterocycles. The maximum absolute atomic E-state index is 11.3. The summed E-state index contributed by atoms with van der Waals surface area (Å²) in [7, 11) is 0. The van der Waals surface area contributed by atoms with Gasteiger partial charge >= 0.3 is 5.97 Å². The molecule has 0 atom stereocenters. The number of esters is 1. The van der Waals surface area contributed by atoms with E-state index in [0.29, 0.717) is 5.75 Å². The molecular formula is C24H16O2. The quantitative estimate of drug-likeness (QED) is 0.374. The maximum Gasteiger partial charge on any atom is 0.308 e. The summed E-state index contributed by atoms with van der Waals surface area (Å²) in [4.78, 5) is 11.3. The summed E-state index contributed by atoms with van der Waals surface area (Å²) in [6, 6.07) is 24.8. The number of hydrogen-bond acceptors (Lipinski definition) is 2. The highest BCUT2D eigenvalue weighted by atomic mass is 16.5. The minimum Gasteiger partial charge on any atom is -0.427 e. The van der Waals surface area contributed by atoms with E-state index in [1.54, 1.807) is 12.1 Å². The predicted molar refractivity (Wildman–Crippen MR) is 103 cm³/mol. The normalized spacial score (nSPS) is 9.27. The van der Waals surface area contributed by atoms with Gasteiger partial charge in [-0.2, -0.15) is 0 Å². The minimum atomic E-state index is -0.375. The fourth-order valence-electron chi connectivity index (χ4n) is 2.30. The summed E-state index contributed by atoms with van der Waals surface area (Å²) in [5.74, 6) is 12.5. The second kappa shape index (κ2) is 8.38. The Morgan fingerprint density at radius 3 is 1.50 bits per heavy atom. The molecule has 0 N–H and O–H groups in total. The molecule has 3 aromatic carbocycles. The molecule has 0 bridgehead atoms. The van der Waals surface area contributed by atoms with E-state index in [1.807, 2.05) is 66.7 Å². The van der Waals surface area contributed by atoms with Crippen LogP contribution in [0.4, 0.5) is 0 Å². The highest BCUT2D eigenvalue weighted by Crippen LogP contribution is 2.17. The fraction of sp³-hybridized carbons (Fsp3) is 0.0417. The molecule has 0 heterocycles. The van der Waals surface area contributed by atoms with Crippen LogP contribution in [0.2, 0.25) is 0 Å². The Morgan fingerprint density at radius 2 is 1.08 bits per heavy atom. The van der Waals surface area contributed by atoms with Crippen LogP contribution in [-0.2, 0) is 4.79 Å². The van der Waals surface area contributed by atoms with Gasteiger partial charge in [0.05, 0.1) is 0 Å². The van der Waals surface area contributed by atoms with Gasteiger partial charge in [0.25, 0.3) is 0 Å². The molecule has 0 aliphatic rings. The molecule has 0 spiro atoms. The Bertz CT molecular complexity index is 952. The summed E-state index contributed by atoms with van der Waals surface area (Å²) in [6.45, 7) is 1.37. The lowest BCUT2D eigenvalue weighted by atomic mass is 10.1. The highest BCUT2D eigenvalue weighted by Gasteiger charge is 2.02. The summed E-state index contributed by atoms with van der Waals surface area (Å²) in [5, 5.41) is 0. The monoisotopic (exact) mass is 336 g/mol. The molecule has 0 aliphatic carbocycles. The van der Waals surface area contributed by atoms with E-state index in [0.717, 1.165) is 22.3 Å². The largest absolute Gasteiger partial charge is 0.427 e. The zero-order valence-electron chi connectivity index (χ0n) is 14.3. The average Bonchev–Trinajstić information content (AvgIpc) is 2.66. The zero-order chi connectivity index (χ0) is 18.2. The third-order valence-electron chi connectivity index (χ3n) is 3.42. The second-order valence-electron chi connectivity index (χ2n) is 5.57. The summed E-state index contributed by atoms with van der Waals surface area (Å²) in [6.07, 6.45) is 0. The van der Waals surface area contributed by atoms with Crippen LogP contribution in [0.1, 0.15) is 29.2 Å². The van der Waals surface area contributed by atoms with Crippen molar-refractivity contribution in [2.45, 2.75) is 6.92 Å². The van der Waals surface area contributed by atoms with Crippen LogP contribution in [0.5, 0.6) is 5.75 Å². The van der Waals surface area contributed by atoms with E-state index in [2.05, 4.69) is 23.7 Å². The number of rotatable bonds is 1. The lowest BCUT2D eigenvalue weighted by Gasteiger charge is -2.03. The van der Waals surface area contributed by atoms with Gasteiger partial charge in [0.15, 0.2) is 0 Å². The molecule has 0 radical (unpaired) electrons. The van der Waals surface area contributed by atoms with E-state index >= 15 is 0 Å². The standard InChI is InChI=1S/C24H16O2/c1-19(25)26-24-17-22(14-12-20-8-4-2-5-9-20)16-23(18-24)15-13-21-10-6-3-7-11-21/h2-11,16-18H,1H3. The van der Waals surface area contributed by atoms with Gasteiger partial charge in [-0.1, -0.05) is 60.1 Å². The first kappa shape index (κ1) is 17.1. The summed E-state index contributed by atoms with van der Waals surface area (Å²) in [5.41, 5.74) is 3.32. The van der Waals surface area contributed by atoms with Crippen LogP contribution in [0.15, 0.2) is 78.9 Å². The SMILES string of the molecule is CC(=O)Oc1cc(C#Cc2ccccc2)cc(C#Cc2ccccc2)c1. The van der Waals surface area contributed by atoms with Gasteiger partial charge in [-0.05, 0) is 42.5 Å². The molecule has 0 saturated heterocycles. The topological polar surface area (TPSA) is 26.3 Å². The number of ether oxygens (including phenoxy) is 1. The van der Waals surface area contributed by atoms with E-state index in [9.17, 15) is 4.79 Å². The van der Waals surface area contributed by atoms with Crippen LogP contribution >= 0.6 is 0 Å². The Balaban J connectivity index is 1.95. The van der Waals surface area contributed by atoms with Crippen molar-refractivity contribution in [2.24, 2.45) is 0 Å². The average molecular weight is 336 g/mol. The predicted octanol–water partition coefficient (Wildman–Crippen LogP) is 4.41. The van der Waals surface area contributed by atoms with Crippen molar-refractivity contribution in [1.29, 1.82) is 0 Å². The van der Waals surface area contributed by atoms with Crippen molar-refractivity contribution >= 4 is 5.97 Å². The van der Waals surface area contributed by atoms with Crippen molar-refractivity contribution in [3.8, 4) is 29.4 Å². The van der Waals surface area contributed by atoms with E-state index in [-0.39, 0.29) is 5.97 Å². The molecule has 0 unspecified atom stereocenters. The molecule has 3 rings (SSSR count). The summed E-state index contributed by atoms with van der Waals surface area (Å²) >= 11 is 0. The van der Waals surface area contributed by atoms with Gasteiger partial charge in [0.1, 0.15) is 5.75 Å². The zero-order valence-corrected chi connectivity index (χ0v) is 14.3. The first-order valence-corrected chi connectivity index (χ1v) is 8.17. The van der Waals surface area contributed by atoms with Gasteiger partial charge in [0, 0.05) is 29.2 Å². The van der Waals surface area contributed by atoms with E-state index in [4.69, 9.17) is 4.74 Å². The molecular weight excluding hydrogens is 320 g/mol. The number of hydrogen-bond donors (Lipinski definition) is 0. The maximum atomic E-state index is 11.3. The molecule has 0 aliphatic heterocycles. The van der Waals surface area contributed by atoms with Crippen molar-refractivity contribution < 1.29 is 9.53 Å². The highest BCUT2D eigenvalue weighted by molar-refractivity contribution is 5.70. The third-order valence-corrected chi connectivity index (χ3v) is 3.42. The third kappa shape index (κ3) is 5.13. The minimum absolute atomic E-state index is 0.375. The van der Waals surface area contributed by atoms with Crippen molar-refractivity contribution in [3.05, 3.63) is 101 Å². The van der Waals surface area contributed by atoms with E-state index in [1.165, 1.54) is 6.92 Å². The molecule has 0 amide bonds. The smallest absolute Gasteiger partial charge is 0.308 e. The lowest BCUT2D eigenvalue weighted by Crippen LogP contribution is -2.01. The first-order valence-electron chi connectivity index (χ1n) is 8.17. The first-order chi connectivity index (χ1) is 12.7. The van der Waals surface area contributed by atoms with Crippen molar-refractivity contribution in [3.63, 3.8) is 0 Å². The molecule has 0 saturated carbocycles. The molecule has 124 valence electrons. The van der Waals surface area contributed by atoms with Crippen LogP contribution in [0.25, 0.3) is 0 Å². The Hall–Kier alpha value is -3.75. The van der Waals surface area contributed by atoms with Gasteiger partial charge < -0.3 is 4.74 Å². The Labute approximate surface area is 153 Å². The molecule has 3 aromatic rings. The van der Waals surface area contributed by atoms with Crippen LogP contribution in [-0.4, -0.2) is 5.97 Å². The Kier molecular flexibility index (Phi) is 5.51.